The second kappa shape index (κ2) is 10.9. The van der Waals surface area contributed by atoms with Gasteiger partial charge in [-0.25, -0.2) is 9.59 Å². The highest BCUT2D eigenvalue weighted by Crippen LogP contribution is 2.32. The van der Waals surface area contributed by atoms with E-state index in [-0.39, 0.29) is 23.2 Å². The van der Waals surface area contributed by atoms with Crippen LogP contribution in [-0.2, 0) is 14.3 Å². The lowest BCUT2D eigenvalue weighted by Gasteiger charge is -2.19. The molecule has 2 heterocycles. The first-order valence-electron chi connectivity index (χ1n) is 11.0. The van der Waals surface area contributed by atoms with Gasteiger partial charge in [-0.3, -0.25) is 24.6 Å². The number of carbonyl (C=O) groups excluding carboxylic acids is 5. The topological polar surface area (TPSA) is 150 Å². The Labute approximate surface area is 205 Å². The van der Waals surface area contributed by atoms with Crippen molar-refractivity contribution in [2.75, 3.05) is 45.4 Å². The number of urea groups is 1. The van der Waals surface area contributed by atoms with Gasteiger partial charge in [-0.05, 0) is 36.8 Å². The van der Waals surface area contributed by atoms with E-state index >= 15 is 0 Å². The minimum Gasteiger partial charge on any atom is -0.486 e. The van der Waals surface area contributed by atoms with Crippen LogP contribution in [0, 0.1) is 0 Å². The normalized spacial score (nSPS) is 13.8. The van der Waals surface area contributed by atoms with E-state index < -0.39 is 36.3 Å². The van der Waals surface area contributed by atoms with E-state index in [1.54, 1.807) is 18.2 Å². The molecule has 0 unspecified atom stereocenters. The van der Waals surface area contributed by atoms with Crippen molar-refractivity contribution >= 4 is 35.4 Å². The molecule has 0 aliphatic carbocycles. The number of esters is 1. The number of imide groups is 2. The first-order chi connectivity index (χ1) is 17.4. The van der Waals surface area contributed by atoms with Crippen molar-refractivity contribution in [3.63, 3.8) is 0 Å². The molecule has 2 aromatic carbocycles. The number of nitrogens with one attached hydrogen (secondary N) is 2. The van der Waals surface area contributed by atoms with Crippen molar-refractivity contribution in [2.24, 2.45) is 0 Å². The summed E-state index contributed by atoms with van der Waals surface area (Å²) < 4.78 is 20.7. The third-order valence-electron chi connectivity index (χ3n) is 5.32. The van der Waals surface area contributed by atoms with Crippen LogP contribution in [0.15, 0.2) is 36.4 Å². The van der Waals surface area contributed by atoms with Crippen LogP contribution in [0.25, 0.3) is 0 Å². The number of hydrogen-bond acceptors (Lipinski definition) is 9. The average Bonchev–Trinajstić information content (AvgIpc) is 3.11. The predicted octanol–water partition coefficient (Wildman–Crippen LogP) is 1.60. The van der Waals surface area contributed by atoms with Gasteiger partial charge in [0.25, 0.3) is 17.7 Å². The summed E-state index contributed by atoms with van der Waals surface area (Å²) in [5.74, 6) is -1.71. The van der Waals surface area contributed by atoms with Crippen molar-refractivity contribution < 1.29 is 42.9 Å². The van der Waals surface area contributed by atoms with Crippen LogP contribution in [0.5, 0.6) is 11.5 Å². The second-order valence-corrected chi connectivity index (χ2v) is 7.81. The number of anilines is 1. The number of fused-ring (bicyclic) bond motifs is 2. The molecule has 2 aromatic rings. The number of benzene rings is 2. The third kappa shape index (κ3) is 5.44. The maximum absolute atomic E-state index is 12.6. The Morgan fingerprint density at radius 1 is 0.972 bits per heavy atom. The molecule has 2 aliphatic heterocycles. The fraction of sp³-hybridized carbons (Fsp3) is 0.292. The first-order valence-corrected chi connectivity index (χ1v) is 11.0. The molecular formula is C24H23N3O9. The van der Waals surface area contributed by atoms with Gasteiger partial charge in [-0.1, -0.05) is 0 Å². The van der Waals surface area contributed by atoms with Crippen molar-refractivity contribution in [1.82, 2.24) is 10.2 Å². The van der Waals surface area contributed by atoms with Crippen molar-refractivity contribution in [3.05, 3.63) is 53.1 Å². The van der Waals surface area contributed by atoms with E-state index in [4.69, 9.17) is 18.9 Å². The molecule has 0 bridgehead atoms. The van der Waals surface area contributed by atoms with Gasteiger partial charge >= 0.3 is 12.0 Å². The lowest BCUT2D eigenvalue weighted by Crippen LogP contribution is -2.37. The summed E-state index contributed by atoms with van der Waals surface area (Å²) in [6.45, 7) is 0.658. The molecule has 12 nitrogen and oxygen atoms in total. The fourth-order valence-electron chi connectivity index (χ4n) is 3.65. The Morgan fingerprint density at radius 2 is 1.72 bits per heavy atom. The molecule has 0 spiro atoms. The van der Waals surface area contributed by atoms with Gasteiger partial charge in [0, 0.05) is 32.0 Å². The monoisotopic (exact) mass is 497 g/mol. The molecule has 4 rings (SSSR count). The van der Waals surface area contributed by atoms with Crippen LogP contribution >= 0.6 is 0 Å². The Hall–Kier alpha value is -4.45. The smallest absolute Gasteiger partial charge is 0.338 e. The highest BCUT2D eigenvalue weighted by Gasteiger charge is 2.35. The fourth-order valence-corrected chi connectivity index (χ4v) is 3.65. The summed E-state index contributed by atoms with van der Waals surface area (Å²) >= 11 is 0. The summed E-state index contributed by atoms with van der Waals surface area (Å²) in [7, 11) is 1.52. The molecule has 188 valence electrons. The molecular weight excluding hydrogens is 474 g/mol. The molecule has 5 amide bonds. The molecule has 2 aliphatic rings. The Morgan fingerprint density at radius 3 is 2.50 bits per heavy atom. The number of amides is 5. The summed E-state index contributed by atoms with van der Waals surface area (Å²) in [5.41, 5.74) is 0.620. The maximum Gasteiger partial charge on any atom is 0.338 e. The molecule has 0 saturated carbocycles. The lowest BCUT2D eigenvalue weighted by atomic mass is 10.1. The lowest BCUT2D eigenvalue weighted by molar-refractivity contribution is -0.123. The molecule has 12 heteroatoms. The van der Waals surface area contributed by atoms with Gasteiger partial charge in [0.2, 0.25) is 0 Å². The highest BCUT2D eigenvalue weighted by molar-refractivity contribution is 6.22. The second-order valence-electron chi connectivity index (χ2n) is 7.81. The molecule has 0 atom stereocenters. The van der Waals surface area contributed by atoms with Gasteiger partial charge in [-0.2, -0.15) is 0 Å². The van der Waals surface area contributed by atoms with Gasteiger partial charge in [0.15, 0.2) is 18.1 Å². The number of rotatable bonds is 8. The van der Waals surface area contributed by atoms with Crippen LogP contribution in [0.3, 0.4) is 0 Å². The van der Waals surface area contributed by atoms with E-state index in [2.05, 4.69) is 5.32 Å². The standard InChI is InChI=1S/C24H23N3O9/c1-33-8-2-7-27-21(29)16-5-3-14(11-17(16)22(27)30)23(31)36-13-20(28)26-24(32)25-15-4-6-18-19(12-15)35-10-9-34-18/h3-6,11-12H,2,7-10,13H2,1H3,(H2,25,26,28,32). The zero-order valence-corrected chi connectivity index (χ0v) is 19.3. The van der Waals surface area contributed by atoms with E-state index in [1.807, 2.05) is 5.32 Å². The Bertz CT molecular complexity index is 1230. The van der Waals surface area contributed by atoms with Gasteiger partial charge in [0.05, 0.1) is 16.7 Å². The molecule has 36 heavy (non-hydrogen) atoms. The van der Waals surface area contributed by atoms with Crippen LogP contribution in [0.2, 0.25) is 0 Å². The van der Waals surface area contributed by atoms with Gasteiger partial charge in [0.1, 0.15) is 13.2 Å². The number of ether oxygens (including phenoxy) is 4. The van der Waals surface area contributed by atoms with Crippen molar-refractivity contribution in [2.45, 2.75) is 6.42 Å². The largest absolute Gasteiger partial charge is 0.486 e. The molecule has 2 N–H and O–H groups in total. The minimum atomic E-state index is -0.890. The quantitative estimate of drug-likeness (QED) is 0.315. The predicted molar refractivity (Wildman–Crippen MR) is 123 cm³/mol. The molecule has 0 aromatic heterocycles. The molecule has 0 radical (unpaired) electrons. The third-order valence-corrected chi connectivity index (χ3v) is 5.32. The van der Waals surface area contributed by atoms with E-state index in [0.29, 0.717) is 43.4 Å². The van der Waals surface area contributed by atoms with E-state index in [1.165, 1.54) is 25.3 Å². The van der Waals surface area contributed by atoms with Gasteiger partial charge < -0.3 is 24.3 Å². The Kier molecular flexibility index (Phi) is 7.44. The zero-order valence-electron chi connectivity index (χ0n) is 19.3. The maximum atomic E-state index is 12.6. The summed E-state index contributed by atoms with van der Waals surface area (Å²) in [6.07, 6.45) is 0.480. The summed E-state index contributed by atoms with van der Waals surface area (Å²) in [4.78, 5) is 62.6. The summed E-state index contributed by atoms with van der Waals surface area (Å²) in [6, 6.07) is 7.87. The number of nitrogens with zero attached hydrogens (tertiary/aromatic N) is 1. The van der Waals surface area contributed by atoms with E-state index in [9.17, 15) is 24.0 Å². The van der Waals surface area contributed by atoms with Crippen LogP contribution in [-0.4, -0.2) is 74.7 Å². The molecule has 0 saturated heterocycles. The SMILES string of the molecule is COCCCN1C(=O)c2ccc(C(=O)OCC(=O)NC(=O)Nc3ccc4c(c3)OCCO4)cc2C1=O. The van der Waals surface area contributed by atoms with Gasteiger partial charge in [-0.15, -0.1) is 0 Å². The van der Waals surface area contributed by atoms with Crippen LogP contribution in [0.4, 0.5) is 10.5 Å². The van der Waals surface area contributed by atoms with Crippen molar-refractivity contribution in [3.8, 4) is 11.5 Å². The molecule has 0 fully saturated rings. The van der Waals surface area contributed by atoms with Crippen LogP contribution < -0.4 is 20.1 Å². The highest BCUT2D eigenvalue weighted by atomic mass is 16.6. The Balaban J connectivity index is 1.28. The number of carbonyl (C=O) groups is 5. The minimum absolute atomic E-state index is 0.0119. The van der Waals surface area contributed by atoms with Crippen LogP contribution in [0.1, 0.15) is 37.5 Å². The van der Waals surface area contributed by atoms with E-state index in [0.717, 1.165) is 4.90 Å². The zero-order chi connectivity index (χ0) is 25.7. The number of methoxy groups -OCH3 is 1. The average molecular weight is 497 g/mol. The summed E-state index contributed by atoms with van der Waals surface area (Å²) in [5, 5.41) is 4.52. The number of hydrogen-bond donors (Lipinski definition) is 2. The first kappa shape index (κ1) is 24.7. The van der Waals surface area contributed by atoms with Crippen molar-refractivity contribution in [1.29, 1.82) is 0 Å².